The molecule has 1 N–H and O–H groups in total. The highest BCUT2D eigenvalue weighted by molar-refractivity contribution is 14.1. The predicted molar refractivity (Wildman–Crippen MR) is 57.3 cm³/mol. The van der Waals surface area contributed by atoms with Crippen molar-refractivity contribution < 1.29 is 32.7 Å². The molecule has 1 rings (SSSR count). The quantitative estimate of drug-likeness (QED) is 0.492. The maximum atomic E-state index is 12.0. The van der Waals surface area contributed by atoms with Gasteiger partial charge in [-0.1, -0.05) is 0 Å². The smallest absolute Gasteiger partial charge is 0.477 e. The Labute approximate surface area is 110 Å². The maximum absolute atomic E-state index is 12.0. The van der Waals surface area contributed by atoms with Gasteiger partial charge in [0.25, 0.3) is 0 Å². The van der Waals surface area contributed by atoms with Gasteiger partial charge in [-0.15, -0.1) is 13.2 Å². The molecule has 1 aromatic rings. The number of aromatic carboxylic acids is 1. The van der Waals surface area contributed by atoms with Crippen LogP contribution in [0.25, 0.3) is 0 Å². The Morgan fingerprint density at radius 1 is 1.56 bits per heavy atom. The summed E-state index contributed by atoms with van der Waals surface area (Å²) < 4.78 is 39.1. The van der Waals surface area contributed by atoms with Crippen molar-refractivity contribution >= 4 is 34.4 Å². The number of carboxylic acid groups (broad SMARTS) is 1. The number of rotatable bonds is 3. The van der Waals surface area contributed by atoms with E-state index in [2.05, 4.69) is 9.72 Å². The molecular formula is C7H2F3IN2O5. The molecule has 0 spiro atoms. The van der Waals surface area contributed by atoms with E-state index < -0.39 is 34.5 Å². The molecule has 0 aliphatic heterocycles. The van der Waals surface area contributed by atoms with Crippen molar-refractivity contribution in [2.45, 2.75) is 6.36 Å². The lowest BCUT2D eigenvalue weighted by molar-refractivity contribution is -0.390. The van der Waals surface area contributed by atoms with Crippen LogP contribution >= 0.6 is 22.6 Å². The number of hydrogen-bond acceptors (Lipinski definition) is 5. The number of aromatic nitrogens is 1. The maximum Gasteiger partial charge on any atom is 0.575 e. The predicted octanol–water partition coefficient (Wildman–Crippen LogP) is 2.19. The van der Waals surface area contributed by atoms with E-state index in [1.165, 1.54) is 22.6 Å². The molecule has 7 nitrogen and oxygen atoms in total. The Hall–Kier alpha value is -1.66. The van der Waals surface area contributed by atoms with Crippen molar-refractivity contribution in [3.05, 3.63) is 25.3 Å². The zero-order valence-corrected chi connectivity index (χ0v) is 10.2. The number of nitro groups is 1. The van der Waals surface area contributed by atoms with Crippen LogP contribution in [0.5, 0.6) is 5.88 Å². The summed E-state index contributed by atoms with van der Waals surface area (Å²) in [4.78, 5) is 23.0. The fourth-order valence-corrected chi connectivity index (χ4v) is 1.69. The van der Waals surface area contributed by atoms with Crippen molar-refractivity contribution in [3.63, 3.8) is 0 Å². The molecule has 98 valence electrons. The van der Waals surface area contributed by atoms with Crippen molar-refractivity contribution in [1.29, 1.82) is 0 Å². The van der Waals surface area contributed by atoms with Crippen LogP contribution in [0.15, 0.2) is 6.07 Å². The highest BCUT2D eigenvalue weighted by Crippen LogP contribution is 2.30. The Kier molecular flexibility index (Phi) is 3.93. The van der Waals surface area contributed by atoms with Crippen molar-refractivity contribution in [3.8, 4) is 5.88 Å². The van der Waals surface area contributed by atoms with Crippen LogP contribution in [-0.4, -0.2) is 27.3 Å². The number of pyridine rings is 1. The van der Waals surface area contributed by atoms with Crippen LogP contribution in [0.2, 0.25) is 0 Å². The van der Waals surface area contributed by atoms with Gasteiger partial charge in [-0.2, -0.15) is 0 Å². The molecular weight excluding hydrogens is 376 g/mol. The lowest BCUT2D eigenvalue weighted by atomic mass is 10.2. The monoisotopic (exact) mass is 378 g/mol. The number of hydrogen-bond donors (Lipinski definition) is 1. The molecule has 0 aliphatic rings. The van der Waals surface area contributed by atoms with E-state index in [4.69, 9.17) is 5.11 Å². The van der Waals surface area contributed by atoms with Crippen molar-refractivity contribution in [2.24, 2.45) is 0 Å². The molecule has 0 saturated heterocycles. The summed E-state index contributed by atoms with van der Waals surface area (Å²) >= 11 is 1.34. The number of alkyl halides is 3. The minimum atomic E-state index is -5.20. The molecule has 18 heavy (non-hydrogen) atoms. The van der Waals surface area contributed by atoms with Crippen LogP contribution in [0.1, 0.15) is 10.4 Å². The van der Waals surface area contributed by atoms with Gasteiger partial charge in [0.15, 0.2) is 5.56 Å². The first kappa shape index (κ1) is 14.4. The molecule has 0 unspecified atom stereocenters. The second-order valence-electron chi connectivity index (χ2n) is 2.75. The highest BCUT2D eigenvalue weighted by Gasteiger charge is 2.38. The summed E-state index contributed by atoms with van der Waals surface area (Å²) in [6.45, 7) is 0. The van der Waals surface area contributed by atoms with Gasteiger partial charge in [0.2, 0.25) is 0 Å². The SMILES string of the molecule is O=C(O)c1c(I)cc([N+](=O)[O-])nc1OC(F)(F)F. The van der Waals surface area contributed by atoms with E-state index in [1.54, 1.807) is 0 Å². The third-order valence-corrected chi connectivity index (χ3v) is 2.39. The first-order chi connectivity index (χ1) is 8.11. The summed E-state index contributed by atoms with van der Waals surface area (Å²) in [5, 5.41) is 19.1. The van der Waals surface area contributed by atoms with Gasteiger partial charge in [-0.3, -0.25) is 0 Å². The number of carboxylic acids is 1. The zero-order chi connectivity index (χ0) is 14.1. The fourth-order valence-electron chi connectivity index (χ4n) is 0.951. The van der Waals surface area contributed by atoms with Crippen LogP contribution in [0, 0.1) is 13.7 Å². The molecule has 0 bridgehead atoms. The molecule has 1 heterocycles. The summed E-state index contributed by atoms with van der Waals surface area (Å²) in [5.74, 6) is -4.04. The first-order valence-corrected chi connectivity index (χ1v) is 5.03. The number of ether oxygens (including phenoxy) is 1. The molecule has 11 heteroatoms. The average molecular weight is 378 g/mol. The third-order valence-electron chi connectivity index (χ3n) is 1.54. The van der Waals surface area contributed by atoms with Gasteiger partial charge in [0, 0.05) is 8.55 Å². The Bertz CT molecular complexity index is 519. The van der Waals surface area contributed by atoms with Gasteiger partial charge in [-0.05, 0) is 27.5 Å². The lowest BCUT2D eigenvalue weighted by Crippen LogP contribution is -2.21. The van der Waals surface area contributed by atoms with Gasteiger partial charge < -0.3 is 20.0 Å². The Morgan fingerprint density at radius 3 is 2.50 bits per heavy atom. The molecule has 0 radical (unpaired) electrons. The van der Waals surface area contributed by atoms with Gasteiger partial charge in [0.05, 0.1) is 6.07 Å². The fraction of sp³-hybridized carbons (Fsp3) is 0.143. The molecule has 1 aromatic heterocycles. The summed E-state index contributed by atoms with van der Waals surface area (Å²) in [6, 6.07) is 0.729. The lowest BCUT2D eigenvalue weighted by Gasteiger charge is -2.08. The summed E-state index contributed by atoms with van der Waals surface area (Å²) in [6.07, 6.45) is -5.20. The van der Waals surface area contributed by atoms with Crippen molar-refractivity contribution in [2.75, 3.05) is 0 Å². The van der Waals surface area contributed by atoms with Gasteiger partial charge in [-0.25, -0.2) is 4.79 Å². The topological polar surface area (TPSA) is 103 Å². The standard InChI is InChI=1S/C7H2F3IN2O5/c8-7(9,10)18-5-4(6(14)15)2(11)1-3(12-5)13(16)17/h1H,(H,14,15). The number of carbonyl (C=O) groups is 1. The second-order valence-corrected chi connectivity index (χ2v) is 3.91. The van der Waals surface area contributed by atoms with Crippen LogP contribution in [0.4, 0.5) is 19.0 Å². The van der Waals surface area contributed by atoms with Gasteiger partial charge >= 0.3 is 24.0 Å². The zero-order valence-electron chi connectivity index (χ0n) is 8.06. The Balaban J connectivity index is 3.43. The van der Waals surface area contributed by atoms with E-state index in [0.29, 0.717) is 0 Å². The van der Waals surface area contributed by atoms with E-state index in [1.807, 2.05) is 0 Å². The molecule has 0 amide bonds. The molecule has 0 fully saturated rings. The number of nitrogens with zero attached hydrogens (tertiary/aromatic N) is 2. The number of halogens is 4. The molecule has 0 atom stereocenters. The van der Waals surface area contributed by atoms with E-state index in [9.17, 15) is 28.1 Å². The highest BCUT2D eigenvalue weighted by atomic mass is 127. The third kappa shape index (κ3) is 3.41. The van der Waals surface area contributed by atoms with Crippen LogP contribution in [-0.2, 0) is 0 Å². The largest absolute Gasteiger partial charge is 0.575 e. The minimum Gasteiger partial charge on any atom is -0.477 e. The van der Waals surface area contributed by atoms with E-state index in [-0.39, 0.29) is 3.57 Å². The minimum absolute atomic E-state index is 0.291. The Morgan fingerprint density at radius 2 is 2.11 bits per heavy atom. The molecule has 0 saturated carbocycles. The van der Waals surface area contributed by atoms with E-state index >= 15 is 0 Å². The first-order valence-electron chi connectivity index (χ1n) is 3.96. The second kappa shape index (κ2) is 4.91. The van der Waals surface area contributed by atoms with E-state index in [0.717, 1.165) is 6.07 Å². The molecule has 0 aliphatic carbocycles. The summed E-state index contributed by atoms with van der Waals surface area (Å²) in [5.41, 5.74) is -0.890. The normalized spacial score (nSPS) is 11.1. The average Bonchev–Trinajstić information content (AvgIpc) is 2.12. The van der Waals surface area contributed by atoms with Crippen LogP contribution in [0.3, 0.4) is 0 Å². The van der Waals surface area contributed by atoms with Gasteiger partial charge in [0.1, 0.15) is 0 Å². The van der Waals surface area contributed by atoms with Crippen LogP contribution < -0.4 is 4.74 Å². The molecule has 0 aromatic carbocycles. The summed E-state index contributed by atoms with van der Waals surface area (Å²) in [7, 11) is 0. The van der Waals surface area contributed by atoms with Crippen molar-refractivity contribution in [1.82, 2.24) is 4.98 Å².